The predicted molar refractivity (Wildman–Crippen MR) is 237 cm³/mol. The van der Waals surface area contributed by atoms with E-state index < -0.39 is 0 Å². The highest BCUT2D eigenvalue weighted by Crippen LogP contribution is 2.32. The smallest absolute Gasteiger partial charge is 0.000129 e. The van der Waals surface area contributed by atoms with Gasteiger partial charge in [0.05, 0.1) is 0 Å². The van der Waals surface area contributed by atoms with Crippen molar-refractivity contribution in [2.45, 2.75) is 87.0 Å². The first kappa shape index (κ1) is 40.6. The van der Waals surface area contributed by atoms with Crippen LogP contribution in [-0.2, 0) is 0 Å². The number of allylic oxidation sites excluding steroid dienone is 4. The van der Waals surface area contributed by atoms with Crippen molar-refractivity contribution in [3.63, 3.8) is 0 Å². The largest absolute Gasteiger partial charge is 0.0839 e. The van der Waals surface area contributed by atoms with Crippen LogP contribution in [-0.4, -0.2) is 0 Å². The average Bonchev–Trinajstić information content (AvgIpc) is 3.49. The molecule has 0 heteroatoms. The zero-order chi connectivity index (χ0) is 38.2. The standard InChI is InChI=1S/C17H18.C13H14.C13H12.C8H10.C2H6/c1-12-7-8-14-11-17-13(2)5-3-4-6-15(17)10-16(14)9-12;1-10-6-3-4-8-12-11(2)7-5-9-13(10)12;1-11-6-5-9-13(10-11)12-7-3-2-4-8-12;1-7-3-5-8(2)6-4-7;1-2/h4,6-11,13H,3,5H2,1-2H3;3-10H,1-2H3;2-10H,1H3;3-6H,1-2H3;1-2H3. The number of fused-ring (bicyclic) bond motifs is 3. The maximum absolute atomic E-state index is 2.38. The zero-order valence-corrected chi connectivity index (χ0v) is 33.7. The molecular formula is C53H60. The number of aryl methyl sites for hydroxylation is 5. The molecule has 2 aliphatic carbocycles. The molecule has 2 aliphatic rings. The fraction of sp³-hybridized carbons (Fsp3) is 0.245. The van der Waals surface area contributed by atoms with Crippen LogP contribution in [0.1, 0.15) is 102 Å². The van der Waals surface area contributed by atoms with Gasteiger partial charge in [-0.3, -0.25) is 0 Å². The summed E-state index contributed by atoms with van der Waals surface area (Å²) in [7, 11) is 0. The van der Waals surface area contributed by atoms with Crippen molar-refractivity contribution in [2.24, 2.45) is 0 Å². The van der Waals surface area contributed by atoms with E-state index >= 15 is 0 Å². The average molecular weight is 697 g/mol. The molecule has 0 aromatic heterocycles. The van der Waals surface area contributed by atoms with Crippen molar-refractivity contribution < 1.29 is 0 Å². The second-order valence-corrected chi connectivity index (χ2v) is 14.2. The van der Waals surface area contributed by atoms with E-state index in [0.717, 1.165) is 0 Å². The van der Waals surface area contributed by atoms with Crippen LogP contribution in [0.4, 0.5) is 0 Å². The van der Waals surface area contributed by atoms with Crippen LogP contribution in [0.2, 0.25) is 0 Å². The summed E-state index contributed by atoms with van der Waals surface area (Å²) in [5.74, 6) is 1.20. The Morgan fingerprint density at radius 2 is 1.13 bits per heavy atom. The minimum absolute atomic E-state index is 0.532. The monoisotopic (exact) mass is 696 g/mol. The maximum Gasteiger partial charge on any atom is -0.000129 e. The van der Waals surface area contributed by atoms with E-state index in [-0.39, 0.29) is 0 Å². The zero-order valence-electron chi connectivity index (χ0n) is 33.7. The Kier molecular flexibility index (Phi) is 15.9. The SMILES string of the molecule is CC.Cc1ccc(C)cc1.Cc1ccc2cc3c(cc2c1)C=CCCC3C.Cc1cccc(-c2ccccc2)c1.Cc1cccc2c1C=CC=CC2C. The highest BCUT2D eigenvalue weighted by Gasteiger charge is 2.13. The third-order valence-corrected chi connectivity index (χ3v) is 9.76. The summed E-state index contributed by atoms with van der Waals surface area (Å²) in [5, 5.41) is 2.74. The summed E-state index contributed by atoms with van der Waals surface area (Å²) in [6.45, 7) is 19.2. The van der Waals surface area contributed by atoms with Crippen molar-refractivity contribution in [3.8, 4) is 11.1 Å². The minimum atomic E-state index is 0.532. The molecule has 0 nitrogen and oxygen atoms in total. The third kappa shape index (κ3) is 12.2. The Morgan fingerprint density at radius 1 is 0.491 bits per heavy atom. The van der Waals surface area contributed by atoms with Crippen LogP contribution < -0.4 is 0 Å². The molecule has 0 bridgehead atoms. The molecule has 0 saturated carbocycles. The lowest BCUT2D eigenvalue weighted by Gasteiger charge is -2.13. The first-order valence-electron chi connectivity index (χ1n) is 19.5. The Balaban J connectivity index is 0.000000160. The Bertz CT molecular complexity index is 2080. The van der Waals surface area contributed by atoms with Gasteiger partial charge in [0.25, 0.3) is 0 Å². The molecule has 6 aromatic carbocycles. The van der Waals surface area contributed by atoms with Crippen molar-refractivity contribution in [1.82, 2.24) is 0 Å². The maximum atomic E-state index is 2.38. The van der Waals surface area contributed by atoms with E-state index in [0.29, 0.717) is 11.8 Å². The van der Waals surface area contributed by atoms with Crippen molar-refractivity contribution in [2.75, 3.05) is 0 Å². The molecule has 53 heavy (non-hydrogen) atoms. The summed E-state index contributed by atoms with van der Waals surface area (Å²) in [5.41, 5.74) is 15.0. The lowest BCUT2D eigenvalue weighted by Crippen LogP contribution is -1.95. The molecule has 0 fully saturated rings. The van der Waals surface area contributed by atoms with E-state index in [1.54, 1.807) is 0 Å². The molecule has 2 unspecified atom stereocenters. The lowest BCUT2D eigenvalue weighted by molar-refractivity contribution is 0.696. The van der Waals surface area contributed by atoms with Crippen LogP contribution in [0.25, 0.3) is 34.1 Å². The van der Waals surface area contributed by atoms with Crippen molar-refractivity contribution in [3.05, 3.63) is 202 Å². The van der Waals surface area contributed by atoms with Gasteiger partial charge >= 0.3 is 0 Å². The van der Waals surface area contributed by atoms with Crippen molar-refractivity contribution in [1.29, 1.82) is 0 Å². The molecule has 0 amide bonds. The number of hydrogen-bond donors (Lipinski definition) is 0. The van der Waals surface area contributed by atoms with E-state index in [2.05, 4.69) is 206 Å². The normalized spacial score (nSPS) is 14.9. The summed E-state index contributed by atoms with van der Waals surface area (Å²) in [4.78, 5) is 0. The molecule has 0 spiro atoms. The highest BCUT2D eigenvalue weighted by molar-refractivity contribution is 5.87. The third-order valence-electron chi connectivity index (χ3n) is 9.76. The first-order chi connectivity index (χ1) is 25.7. The quantitative estimate of drug-likeness (QED) is 0.161. The van der Waals surface area contributed by atoms with Crippen LogP contribution in [0.15, 0.2) is 152 Å². The fourth-order valence-corrected chi connectivity index (χ4v) is 6.64. The summed E-state index contributed by atoms with van der Waals surface area (Å²) in [6.07, 6.45) is 15.8. The molecule has 2 atom stereocenters. The van der Waals surface area contributed by atoms with Gasteiger partial charge in [-0.05, 0) is 115 Å². The second-order valence-electron chi connectivity index (χ2n) is 14.2. The fourth-order valence-electron chi connectivity index (χ4n) is 6.64. The van der Waals surface area contributed by atoms with Gasteiger partial charge in [-0.2, -0.15) is 0 Å². The van der Waals surface area contributed by atoms with E-state index in [9.17, 15) is 0 Å². The van der Waals surface area contributed by atoms with Gasteiger partial charge in [0, 0.05) is 0 Å². The molecule has 8 rings (SSSR count). The van der Waals surface area contributed by atoms with Gasteiger partial charge in [0.2, 0.25) is 0 Å². The van der Waals surface area contributed by atoms with E-state index in [1.807, 2.05) is 19.9 Å². The molecule has 0 N–H and O–H groups in total. The van der Waals surface area contributed by atoms with Crippen molar-refractivity contribution >= 4 is 22.9 Å². The topological polar surface area (TPSA) is 0 Å². The lowest BCUT2D eigenvalue weighted by atomic mass is 9.91. The van der Waals surface area contributed by atoms with Crippen LogP contribution in [0.3, 0.4) is 0 Å². The predicted octanol–water partition coefficient (Wildman–Crippen LogP) is 15.7. The number of benzene rings is 6. The molecule has 0 heterocycles. The highest BCUT2D eigenvalue weighted by atomic mass is 14.2. The van der Waals surface area contributed by atoms with Gasteiger partial charge in [0.15, 0.2) is 0 Å². The van der Waals surface area contributed by atoms with Gasteiger partial charge in [-0.1, -0.05) is 208 Å². The summed E-state index contributed by atoms with van der Waals surface area (Å²) >= 11 is 0. The molecule has 0 saturated heterocycles. The Hall–Kier alpha value is -5.20. The van der Waals surface area contributed by atoms with Crippen LogP contribution in [0, 0.1) is 34.6 Å². The summed E-state index contributed by atoms with van der Waals surface area (Å²) < 4.78 is 0. The van der Waals surface area contributed by atoms with E-state index in [4.69, 9.17) is 0 Å². The van der Waals surface area contributed by atoms with E-state index in [1.165, 1.54) is 84.8 Å². The molecule has 6 aromatic rings. The van der Waals surface area contributed by atoms with Crippen LogP contribution >= 0.6 is 0 Å². The Morgan fingerprint density at radius 3 is 1.83 bits per heavy atom. The molecule has 0 aliphatic heterocycles. The van der Waals surface area contributed by atoms with Gasteiger partial charge < -0.3 is 0 Å². The Labute approximate surface area is 321 Å². The number of hydrogen-bond acceptors (Lipinski definition) is 0. The first-order valence-corrected chi connectivity index (χ1v) is 19.5. The second kappa shape index (κ2) is 20.7. The molecule has 272 valence electrons. The summed E-state index contributed by atoms with van der Waals surface area (Å²) in [6, 6.07) is 45.4. The molecular weight excluding hydrogens is 637 g/mol. The number of rotatable bonds is 1. The van der Waals surface area contributed by atoms with Gasteiger partial charge in [-0.25, -0.2) is 0 Å². The van der Waals surface area contributed by atoms with Gasteiger partial charge in [0.1, 0.15) is 0 Å². The van der Waals surface area contributed by atoms with Gasteiger partial charge in [-0.15, -0.1) is 0 Å². The minimum Gasteiger partial charge on any atom is -0.0839 e. The van der Waals surface area contributed by atoms with Crippen LogP contribution in [0.5, 0.6) is 0 Å². The molecule has 0 radical (unpaired) electrons.